The maximum absolute atomic E-state index is 12.1. The summed E-state index contributed by atoms with van der Waals surface area (Å²) in [6.07, 6.45) is 5.39. The Morgan fingerprint density at radius 1 is 1.21 bits per heavy atom. The van der Waals surface area contributed by atoms with E-state index in [-0.39, 0.29) is 11.8 Å². The molecule has 100 valence electrons. The van der Waals surface area contributed by atoms with Gasteiger partial charge in [0.15, 0.2) is 5.78 Å². The fourth-order valence-corrected chi connectivity index (χ4v) is 3.06. The quantitative estimate of drug-likeness (QED) is 0.843. The summed E-state index contributed by atoms with van der Waals surface area (Å²) in [5.41, 5.74) is 1.88. The second-order valence-corrected chi connectivity index (χ2v) is 5.30. The monoisotopic (exact) mass is 257 g/mol. The summed E-state index contributed by atoms with van der Waals surface area (Å²) in [6.45, 7) is 3.69. The third kappa shape index (κ3) is 2.30. The van der Waals surface area contributed by atoms with Crippen LogP contribution < -0.4 is 0 Å². The van der Waals surface area contributed by atoms with Crippen molar-refractivity contribution in [2.75, 3.05) is 13.1 Å². The molecule has 19 heavy (non-hydrogen) atoms. The van der Waals surface area contributed by atoms with Gasteiger partial charge in [0.25, 0.3) is 0 Å². The molecule has 0 radical (unpaired) electrons. The second-order valence-electron chi connectivity index (χ2n) is 5.30. The van der Waals surface area contributed by atoms with Crippen molar-refractivity contribution in [3.05, 3.63) is 36.1 Å². The minimum Gasteiger partial charge on any atom is -0.464 e. The number of piperidine rings is 1. The molecule has 1 aliphatic heterocycles. The summed E-state index contributed by atoms with van der Waals surface area (Å²) in [6, 6.07) is 7.79. The van der Waals surface area contributed by atoms with Crippen LogP contribution in [0.1, 0.15) is 37.8 Å². The molecule has 0 amide bonds. The van der Waals surface area contributed by atoms with Crippen molar-refractivity contribution in [1.82, 2.24) is 4.90 Å². The van der Waals surface area contributed by atoms with Gasteiger partial charge in [-0.15, -0.1) is 0 Å². The molecule has 3 nitrogen and oxygen atoms in total. The van der Waals surface area contributed by atoms with Gasteiger partial charge in [-0.25, -0.2) is 0 Å². The van der Waals surface area contributed by atoms with Crippen LogP contribution in [0.25, 0.3) is 11.0 Å². The van der Waals surface area contributed by atoms with Gasteiger partial charge >= 0.3 is 0 Å². The average Bonchev–Trinajstić information content (AvgIpc) is 2.84. The molecule has 2 aromatic rings. The number of furan rings is 1. The van der Waals surface area contributed by atoms with E-state index in [4.69, 9.17) is 4.42 Å². The minimum absolute atomic E-state index is 0.149. The van der Waals surface area contributed by atoms with Crippen LogP contribution >= 0.6 is 0 Å². The maximum atomic E-state index is 12.1. The van der Waals surface area contributed by atoms with Crippen molar-refractivity contribution in [1.29, 1.82) is 0 Å². The molecule has 3 heteroatoms. The number of Topliss-reactive ketones (excluding diaryl/α,β-unsaturated/α-hetero) is 1. The molecule has 1 atom stereocenters. The number of carbonyl (C=O) groups excluding carboxylic acids is 1. The molecule has 0 bridgehead atoms. The first-order chi connectivity index (χ1) is 9.27. The van der Waals surface area contributed by atoms with E-state index in [0.29, 0.717) is 0 Å². The minimum atomic E-state index is -0.149. The molecular weight excluding hydrogens is 238 g/mol. The maximum Gasteiger partial charge on any atom is 0.151 e. The van der Waals surface area contributed by atoms with Gasteiger partial charge < -0.3 is 4.42 Å². The molecule has 2 heterocycles. The highest BCUT2D eigenvalue weighted by molar-refractivity contribution is 5.90. The van der Waals surface area contributed by atoms with E-state index in [1.165, 1.54) is 19.3 Å². The Morgan fingerprint density at radius 2 is 1.95 bits per heavy atom. The Hall–Kier alpha value is -1.61. The van der Waals surface area contributed by atoms with Gasteiger partial charge in [0.2, 0.25) is 0 Å². The summed E-state index contributed by atoms with van der Waals surface area (Å²) in [5.74, 6) is 0.202. The van der Waals surface area contributed by atoms with Crippen LogP contribution in [-0.2, 0) is 4.79 Å². The van der Waals surface area contributed by atoms with E-state index in [9.17, 15) is 4.79 Å². The van der Waals surface area contributed by atoms with Crippen molar-refractivity contribution in [2.45, 2.75) is 32.2 Å². The summed E-state index contributed by atoms with van der Waals surface area (Å²) in [7, 11) is 0. The molecule has 1 unspecified atom stereocenters. The highest BCUT2D eigenvalue weighted by atomic mass is 16.3. The van der Waals surface area contributed by atoms with Gasteiger partial charge in [-0.3, -0.25) is 9.69 Å². The first-order valence-corrected chi connectivity index (χ1v) is 6.98. The number of nitrogens with zero attached hydrogens (tertiary/aromatic N) is 1. The van der Waals surface area contributed by atoms with Gasteiger partial charge in [-0.1, -0.05) is 24.6 Å². The number of para-hydroxylation sites is 1. The number of hydrogen-bond donors (Lipinski definition) is 0. The molecule has 1 aliphatic rings. The Kier molecular flexibility index (Phi) is 3.38. The van der Waals surface area contributed by atoms with Gasteiger partial charge in [0.05, 0.1) is 12.3 Å². The van der Waals surface area contributed by atoms with E-state index in [0.717, 1.165) is 29.6 Å². The summed E-state index contributed by atoms with van der Waals surface area (Å²) in [4.78, 5) is 14.4. The fraction of sp³-hybridized carbons (Fsp3) is 0.438. The summed E-state index contributed by atoms with van der Waals surface area (Å²) >= 11 is 0. The molecule has 3 rings (SSSR count). The number of carbonyl (C=O) groups is 1. The Bertz CT molecular complexity index is 581. The van der Waals surface area contributed by atoms with Crippen molar-refractivity contribution in [3.63, 3.8) is 0 Å². The van der Waals surface area contributed by atoms with Crippen LogP contribution in [0.3, 0.4) is 0 Å². The number of rotatable bonds is 3. The van der Waals surface area contributed by atoms with Crippen LogP contribution in [0.2, 0.25) is 0 Å². The van der Waals surface area contributed by atoms with Gasteiger partial charge in [-0.05, 0) is 38.9 Å². The SMILES string of the molecule is CC(=O)C(c1coc2ccccc12)N1CCCCC1. The smallest absolute Gasteiger partial charge is 0.151 e. The summed E-state index contributed by atoms with van der Waals surface area (Å²) < 4.78 is 5.59. The molecule has 0 spiro atoms. The van der Waals surface area contributed by atoms with Gasteiger partial charge in [-0.2, -0.15) is 0 Å². The zero-order chi connectivity index (χ0) is 13.2. The van der Waals surface area contributed by atoms with Crippen molar-refractivity contribution in [2.24, 2.45) is 0 Å². The molecule has 0 N–H and O–H groups in total. The standard InChI is InChI=1S/C16H19NO2/c1-12(18)16(17-9-5-2-6-10-17)14-11-19-15-8-4-3-7-13(14)15/h3-4,7-8,11,16H,2,5-6,9-10H2,1H3. The predicted octanol–water partition coefficient (Wildman–Crippen LogP) is 3.55. The highest BCUT2D eigenvalue weighted by Crippen LogP contribution is 2.32. The first-order valence-electron chi connectivity index (χ1n) is 6.98. The topological polar surface area (TPSA) is 33.5 Å². The molecule has 1 aromatic heterocycles. The lowest BCUT2D eigenvalue weighted by molar-refractivity contribution is -0.122. The average molecular weight is 257 g/mol. The molecular formula is C16H19NO2. The third-order valence-corrected chi connectivity index (χ3v) is 3.95. The molecule has 0 saturated carbocycles. The number of hydrogen-bond acceptors (Lipinski definition) is 3. The van der Waals surface area contributed by atoms with Crippen LogP contribution in [-0.4, -0.2) is 23.8 Å². The fourth-order valence-electron chi connectivity index (χ4n) is 3.06. The van der Waals surface area contributed by atoms with Crippen LogP contribution in [0, 0.1) is 0 Å². The Labute approximate surface area is 113 Å². The zero-order valence-corrected chi connectivity index (χ0v) is 11.3. The number of likely N-dealkylation sites (tertiary alicyclic amines) is 1. The zero-order valence-electron chi connectivity index (χ0n) is 11.3. The van der Waals surface area contributed by atoms with E-state index >= 15 is 0 Å². The normalized spacial score (nSPS) is 18.6. The predicted molar refractivity (Wildman–Crippen MR) is 75.1 cm³/mol. The van der Waals surface area contributed by atoms with Gasteiger partial charge in [0, 0.05) is 10.9 Å². The molecule has 1 fully saturated rings. The van der Waals surface area contributed by atoms with Crippen LogP contribution in [0.4, 0.5) is 0 Å². The highest BCUT2D eigenvalue weighted by Gasteiger charge is 2.28. The first kappa shape index (κ1) is 12.4. The Morgan fingerprint density at radius 3 is 2.68 bits per heavy atom. The summed E-state index contributed by atoms with van der Waals surface area (Å²) in [5, 5.41) is 1.06. The number of benzene rings is 1. The number of fused-ring (bicyclic) bond motifs is 1. The largest absolute Gasteiger partial charge is 0.464 e. The Balaban J connectivity index is 2.01. The van der Waals surface area contributed by atoms with Crippen molar-refractivity contribution in [3.8, 4) is 0 Å². The molecule has 1 aromatic carbocycles. The lowest BCUT2D eigenvalue weighted by atomic mass is 9.98. The molecule has 0 aliphatic carbocycles. The second kappa shape index (κ2) is 5.17. The lowest BCUT2D eigenvalue weighted by Gasteiger charge is -2.32. The van der Waals surface area contributed by atoms with E-state index < -0.39 is 0 Å². The van der Waals surface area contributed by atoms with E-state index in [1.807, 2.05) is 24.3 Å². The van der Waals surface area contributed by atoms with Crippen molar-refractivity contribution >= 4 is 16.8 Å². The molecule has 1 saturated heterocycles. The number of ketones is 1. The lowest BCUT2D eigenvalue weighted by Crippen LogP contribution is -2.37. The third-order valence-electron chi connectivity index (χ3n) is 3.95. The van der Waals surface area contributed by atoms with Crippen LogP contribution in [0.5, 0.6) is 0 Å². The van der Waals surface area contributed by atoms with E-state index in [2.05, 4.69) is 4.90 Å². The van der Waals surface area contributed by atoms with Crippen molar-refractivity contribution < 1.29 is 9.21 Å². The van der Waals surface area contributed by atoms with Crippen LogP contribution in [0.15, 0.2) is 34.9 Å². The van der Waals surface area contributed by atoms with E-state index in [1.54, 1.807) is 13.2 Å². The van der Waals surface area contributed by atoms with Gasteiger partial charge in [0.1, 0.15) is 5.58 Å².